The van der Waals surface area contributed by atoms with E-state index < -0.39 is 18.4 Å². The van der Waals surface area contributed by atoms with Crippen LogP contribution in [0.25, 0.3) is 0 Å². The van der Waals surface area contributed by atoms with E-state index in [-0.39, 0.29) is 0 Å². The van der Waals surface area contributed by atoms with E-state index >= 15 is 0 Å². The van der Waals surface area contributed by atoms with Crippen molar-refractivity contribution in [2.45, 2.75) is 25.3 Å². The SMILES string of the molecule is C[C@@H](O)[C@H](O)C(F)(F)F. The summed E-state index contributed by atoms with van der Waals surface area (Å²) in [6.45, 7) is 0.873. The minimum atomic E-state index is -4.71. The highest BCUT2D eigenvalue weighted by atomic mass is 19.4. The van der Waals surface area contributed by atoms with Crippen molar-refractivity contribution in [3.63, 3.8) is 0 Å². The van der Waals surface area contributed by atoms with Crippen LogP contribution in [0.4, 0.5) is 13.2 Å². The quantitative estimate of drug-likeness (QED) is 0.555. The first-order valence-electron chi connectivity index (χ1n) is 2.28. The van der Waals surface area contributed by atoms with Gasteiger partial charge in [0.2, 0.25) is 0 Å². The molecule has 2 nitrogen and oxygen atoms in total. The molecule has 0 saturated carbocycles. The molecule has 0 saturated heterocycles. The molecule has 0 rings (SSSR count). The van der Waals surface area contributed by atoms with Gasteiger partial charge < -0.3 is 10.2 Å². The molecule has 5 heteroatoms. The van der Waals surface area contributed by atoms with Crippen LogP contribution >= 0.6 is 0 Å². The Labute approximate surface area is 49.9 Å². The molecule has 0 spiro atoms. The third kappa shape index (κ3) is 2.67. The summed E-state index contributed by atoms with van der Waals surface area (Å²) in [6, 6.07) is 0. The van der Waals surface area contributed by atoms with Crippen molar-refractivity contribution >= 4 is 0 Å². The van der Waals surface area contributed by atoms with Crippen LogP contribution in [-0.4, -0.2) is 28.6 Å². The van der Waals surface area contributed by atoms with Gasteiger partial charge in [-0.1, -0.05) is 0 Å². The largest absolute Gasteiger partial charge is 0.416 e. The lowest BCUT2D eigenvalue weighted by Gasteiger charge is -2.16. The highest BCUT2D eigenvalue weighted by molar-refractivity contribution is 4.69. The van der Waals surface area contributed by atoms with Crippen LogP contribution in [0.2, 0.25) is 0 Å². The van der Waals surface area contributed by atoms with E-state index in [1.54, 1.807) is 0 Å². The average molecular weight is 144 g/mol. The smallest absolute Gasteiger partial charge is 0.390 e. The minimum absolute atomic E-state index is 0.873. The van der Waals surface area contributed by atoms with Crippen LogP contribution in [0.1, 0.15) is 6.92 Å². The minimum Gasteiger partial charge on any atom is -0.390 e. The maximum atomic E-state index is 11.3. The van der Waals surface area contributed by atoms with E-state index in [9.17, 15) is 13.2 Å². The molecule has 0 aliphatic heterocycles. The van der Waals surface area contributed by atoms with Crippen LogP contribution in [0.3, 0.4) is 0 Å². The second kappa shape index (κ2) is 2.53. The van der Waals surface area contributed by atoms with Gasteiger partial charge >= 0.3 is 6.18 Å². The van der Waals surface area contributed by atoms with Crippen LogP contribution in [0.5, 0.6) is 0 Å². The van der Waals surface area contributed by atoms with E-state index in [1.165, 1.54) is 0 Å². The van der Waals surface area contributed by atoms with Gasteiger partial charge in [0, 0.05) is 0 Å². The molecule has 0 aliphatic carbocycles. The zero-order valence-corrected chi connectivity index (χ0v) is 4.68. The molecule has 0 aromatic heterocycles. The molecule has 0 heterocycles. The van der Waals surface area contributed by atoms with Gasteiger partial charge in [0.25, 0.3) is 0 Å². The third-order valence-corrected chi connectivity index (χ3v) is 0.792. The van der Waals surface area contributed by atoms with Crippen molar-refractivity contribution in [3.8, 4) is 0 Å². The summed E-state index contributed by atoms with van der Waals surface area (Å²) in [5, 5.41) is 16.3. The maximum absolute atomic E-state index is 11.3. The predicted octanol–water partition coefficient (Wildman–Crippen LogP) is 0.290. The van der Waals surface area contributed by atoms with Crippen molar-refractivity contribution in [1.82, 2.24) is 0 Å². The van der Waals surface area contributed by atoms with Crippen LogP contribution < -0.4 is 0 Å². The molecule has 0 amide bonds. The third-order valence-electron chi connectivity index (χ3n) is 0.792. The summed E-state index contributed by atoms with van der Waals surface area (Å²) < 4.78 is 33.9. The predicted molar refractivity (Wildman–Crippen MR) is 23.7 cm³/mol. The lowest BCUT2D eigenvalue weighted by molar-refractivity contribution is -0.227. The van der Waals surface area contributed by atoms with Crippen LogP contribution in [-0.2, 0) is 0 Å². The molecule has 9 heavy (non-hydrogen) atoms. The summed E-state index contributed by atoms with van der Waals surface area (Å²) >= 11 is 0. The first-order chi connectivity index (χ1) is 3.85. The van der Waals surface area contributed by atoms with Crippen molar-refractivity contribution in [2.24, 2.45) is 0 Å². The number of aliphatic hydroxyl groups excluding tert-OH is 2. The van der Waals surface area contributed by atoms with Gasteiger partial charge in [0.05, 0.1) is 6.10 Å². The van der Waals surface area contributed by atoms with Crippen molar-refractivity contribution in [3.05, 3.63) is 0 Å². The van der Waals surface area contributed by atoms with E-state index in [2.05, 4.69) is 0 Å². The number of hydrogen-bond donors (Lipinski definition) is 2. The van der Waals surface area contributed by atoms with E-state index in [4.69, 9.17) is 10.2 Å². The second-order valence-corrected chi connectivity index (χ2v) is 1.73. The van der Waals surface area contributed by atoms with E-state index in [0.29, 0.717) is 0 Å². The standard InChI is InChI=1S/C4H7F3O2/c1-2(8)3(9)4(5,6)7/h2-3,8-9H,1H3/t2-,3+/m1/s1. The Balaban J connectivity index is 3.88. The molecule has 0 aromatic carbocycles. The fourth-order valence-corrected chi connectivity index (χ4v) is 0.273. The normalized spacial score (nSPS) is 19.3. The Bertz CT molecular complexity index is 88.3. The van der Waals surface area contributed by atoms with Gasteiger partial charge in [0.15, 0.2) is 6.10 Å². The fourth-order valence-electron chi connectivity index (χ4n) is 0.273. The number of rotatable bonds is 1. The van der Waals surface area contributed by atoms with E-state index in [1.807, 2.05) is 0 Å². The Morgan fingerprint density at radius 3 is 1.56 bits per heavy atom. The number of alkyl halides is 3. The monoisotopic (exact) mass is 144 g/mol. The number of halogens is 3. The summed E-state index contributed by atoms with van der Waals surface area (Å²) in [4.78, 5) is 0. The van der Waals surface area contributed by atoms with Crippen molar-refractivity contribution in [1.29, 1.82) is 0 Å². The van der Waals surface area contributed by atoms with Gasteiger partial charge in [0.1, 0.15) is 0 Å². The zero-order chi connectivity index (χ0) is 7.65. The highest BCUT2D eigenvalue weighted by Crippen LogP contribution is 2.21. The summed E-state index contributed by atoms with van der Waals surface area (Å²) in [6.07, 6.45) is -9.10. The zero-order valence-electron chi connectivity index (χ0n) is 4.68. The Morgan fingerprint density at radius 2 is 1.56 bits per heavy atom. The first kappa shape index (κ1) is 8.71. The molecule has 0 aromatic rings. The summed E-state index contributed by atoms with van der Waals surface area (Å²) in [5.74, 6) is 0. The van der Waals surface area contributed by atoms with Gasteiger partial charge in [-0.3, -0.25) is 0 Å². The summed E-state index contributed by atoms with van der Waals surface area (Å²) in [5.41, 5.74) is 0. The van der Waals surface area contributed by atoms with Crippen LogP contribution in [0.15, 0.2) is 0 Å². The molecule has 0 bridgehead atoms. The summed E-state index contributed by atoms with van der Waals surface area (Å²) in [7, 11) is 0. The average Bonchev–Trinajstić information content (AvgIpc) is 1.62. The maximum Gasteiger partial charge on any atom is 0.416 e. The fraction of sp³-hybridized carbons (Fsp3) is 1.00. The van der Waals surface area contributed by atoms with Gasteiger partial charge in [-0.05, 0) is 6.92 Å². The van der Waals surface area contributed by atoms with Crippen molar-refractivity contribution < 1.29 is 23.4 Å². The Kier molecular flexibility index (Phi) is 2.45. The molecule has 0 unspecified atom stereocenters. The highest BCUT2D eigenvalue weighted by Gasteiger charge is 2.41. The molecule has 2 atom stereocenters. The van der Waals surface area contributed by atoms with Gasteiger partial charge in [-0.2, -0.15) is 13.2 Å². The number of hydrogen-bond acceptors (Lipinski definition) is 2. The molecule has 0 radical (unpaired) electrons. The Hall–Kier alpha value is -0.290. The lowest BCUT2D eigenvalue weighted by atomic mass is 10.2. The molecular formula is C4H7F3O2. The molecule has 0 fully saturated rings. The lowest BCUT2D eigenvalue weighted by Crippen LogP contribution is -2.37. The molecule has 56 valence electrons. The molecule has 2 N–H and O–H groups in total. The van der Waals surface area contributed by atoms with E-state index in [0.717, 1.165) is 6.92 Å². The van der Waals surface area contributed by atoms with Gasteiger partial charge in [-0.25, -0.2) is 0 Å². The first-order valence-corrected chi connectivity index (χ1v) is 2.28. The van der Waals surface area contributed by atoms with Crippen LogP contribution in [0, 0.1) is 0 Å². The van der Waals surface area contributed by atoms with Gasteiger partial charge in [-0.15, -0.1) is 0 Å². The van der Waals surface area contributed by atoms with Crippen molar-refractivity contribution in [2.75, 3.05) is 0 Å². The molecule has 0 aliphatic rings. The Morgan fingerprint density at radius 1 is 1.22 bits per heavy atom. The molecular weight excluding hydrogens is 137 g/mol. The second-order valence-electron chi connectivity index (χ2n) is 1.73. The number of aliphatic hydroxyl groups is 2. The topological polar surface area (TPSA) is 40.5 Å².